The summed E-state index contributed by atoms with van der Waals surface area (Å²) in [5, 5.41) is 0. The fraction of sp³-hybridized carbons (Fsp3) is 0.300. The molecule has 0 amide bonds. The first-order valence-corrected chi connectivity index (χ1v) is 8.53. The molecule has 0 bridgehead atoms. The van der Waals surface area contributed by atoms with Gasteiger partial charge in [0.15, 0.2) is 0 Å². The predicted molar refractivity (Wildman–Crippen MR) is 95.6 cm³/mol. The van der Waals surface area contributed by atoms with Crippen molar-refractivity contribution in [3.8, 4) is 11.4 Å². The van der Waals surface area contributed by atoms with Gasteiger partial charge in [-0.2, -0.15) is 0 Å². The highest BCUT2D eigenvalue weighted by atomic mass is 15.2. The summed E-state index contributed by atoms with van der Waals surface area (Å²) in [5.74, 6) is 1.08. The molecule has 0 N–H and O–H groups in total. The molecule has 1 fully saturated rings. The number of imidazole rings is 1. The second-order valence-corrected chi connectivity index (χ2v) is 6.46. The topological polar surface area (TPSA) is 34.0 Å². The van der Waals surface area contributed by atoms with Crippen LogP contribution in [0.2, 0.25) is 0 Å². The second-order valence-electron chi connectivity index (χ2n) is 6.46. The molecule has 24 heavy (non-hydrogen) atoms. The zero-order valence-electron chi connectivity index (χ0n) is 14.0. The Hall–Kier alpha value is -2.46. The molecular formula is C20H22N4. The quantitative estimate of drug-likeness (QED) is 0.735. The van der Waals surface area contributed by atoms with Crippen LogP contribution in [0.25, 0.3) is 11.4 Å². The van der Waals surface area contributed by atoms with E-state index in [1.807, 2.05) is 24.5 Å². The highest BCUT2D eigenvalue weighted by Gasteiger charge is 2.27. The van der Waals surface area contributed by atoms with Crippen LogP contribution >= 0.6 is 0 Å². The minimum atomic E-state index is 0.478. The summed E-state index contributed by atoms with van der Waals surface area (Å²) in [5.41, 5.74) is 3.57. The third-order valence-electron chi connectivity index (χ3n) is 4.74. The molecule has 0 saturated carbocycles. The number of likely N-dealkylation sites (tertiary alicyclic amines) is 1. The molecule has 3 heterocycles. The normalized spacial score (nSPS) is 18.1. The van der Waals surface area contributed by atoms with E-state index >= 15 is 0 Å². The van der Waals surface area contributed by atoms with Crippen LogP contribution < -0.4 is 0 Å². The van der Waals surface area contributed by atoms with Gasteiger partial charge in [-0.3, -0.25) is 9.88 Å². The Bertz CT molecular complexity index is 795. The molecule has 3 aromatic rings. The number of pyridine rings is 1. The molecule has 0 spiro atoms. The summed E-state index contributed by atoms with van der Waals surface area (Å²) in [6.07, 6.45) is 5.02. The Kier molecular flexibility index (Phi) is 4.13. The predicted octanol–water partition coefficient (Wildman–Crippen LogP) is 3.70. The van der Waals surface area contributed by atoms with Gasteiger partial charge in [0.25, 0.3) is 0 Å². The molecule has 1 aliphatic rings. The van der Waals surface area contributed by atoms with Crippen LogP contribution in [0, 0.1) is 6.92 Å². The van der Waals surface area contributed by atoms with Gasteiger partial charge < -0.3 is 4.57 Å². The fourth-order valence-corrected chi connectivity index (χ4v) is 3.60. The van der Waals surface area contributed by atoms with Crippen molar-refractivity contribution in [1.82, 2.24) is 19.4 Å². The van der Waals surface area contributed by atoms with Crippen LogP contribution in [0.4, 0.5) is 0 Å². The van der Waals surface area contributed by atoms with Gasteiger partial charge in [0.2, 0.25) is 0 Å². The zero-order valence-corrected chi connectivity index (χ0v) is 14.0. The molecule has 1 aliphatic heterocycles. The van der Waals surface area contributed by atoms with Gasteiger partial charge in [0.1, 0.15) is 5.82 Å². The Morgan fingerprint density at radius 2 is 1.88 bits per heavy atom. The first-order valence-electron chi connectivity index (χ1n) is 8.53. The monoisotopic (exact) mass is 318 g/mol. The van der Waals surface area contributed by atoms with Crippen molar-refractivity contribution >= 4 is 0 Å². The third kappa shape index (κ3) is 2.97. The van der Waals surface area contributed by atoms with E-state index in [2.05, 4.69) is 62.8 Å². The van der Waals surface area contributed by atoms with Crippen molar-refractivity contribution in [1.29, 1.82) is 0 Å². The maximum Gasteiger partial charge on any atom is 0.140 e. The SMILES string of the molecule is Cc1cnc(-c2ccccc2)n1C1CCN(Cc2ccccn2)C1. The van der Waals surface area contributed by atoms with Gasteiger partial charge >= 0.3 is 0 Å². The smallest absolute Gasteiger partial charge is 0.140 e. The number of aromatic nitrogens is 3. The van der Waals surface area contributed by atoms with E-state index in [-0.39, 0.29) is 0 Å². The molecule has 4 nitrogen and oxygen atoms in total. The maximum absolute atomic E-state index is 4.67. The largest absolute Gasteiger partial charge is 0.324 e. The number of rotatable bonds is 4. The molecule has 0 radical (unpaired) electrons. The first-order chi connectivity index (χ1) is 11.8. The van der Waals surface area contributed by atoms with Crippen LogP contribution in [0.1, 0.15) is 23.9 Å². The summed E-state index contributed by atoms with van der Waals surface area (Å²) >= 11 is 0. The highest BCUT2D eigenvalue weighted by molar-refractivity contribution is 5.56. The van der Waals surface area contributed by atoms with Crippen molar-refractivity contribution in [2.24, 2.45) is 0 Å². The van der Waals surface area contributed by atoms with E-state index in [9.17, 15) is 0 Å². The van der Waals surface area contributed by atoms with Crippen LogP contribution in [-0.4, -0.2) is 32.5 Å². The standard InChI is InChI=1S/C20H22N4/c1-16-13-22-20(17-7-3-2-4-8-17)24(16)19-10-12-23(15-19)14-18-9-5-6-11-21-18/h2-9,11,13,19H,10,12,14-15H2,1H3. The maximum atomic E-state index is 4.67. The fourth-order valence-electron chi connectivity index (χ4n) is 3.60. The van der Waals surface area contributed by atoms with Crippen molar-refractivity contribution in [2.75, 3.05) is 13.1 Å². The first kappa shape index (κ1) is 15.1. The van der Waals surface area contributed by atoms with Crippen molar-refractivity contribution in [2.45, 2.75) is 25.9 Å². The van der Waals surface area contributed by atoms with Gasteiger partial charge in [0, 0.05) is 49.3 Å². The third-order valence-corrected chi connectivity index (χ3v) is 4.74. The Labute approximate surface area is 142 Å². The van der Waals surface area contributed by atoms with Crippen molar-refractivity contribution < 1.29 is 0 Å². The van der Waals surface area contributed by atoms with E-state index in [0.29, 0.717) is 6.04 Å². The molecule has 1 atom stereocenters. The summed E-state index contributed by atoms with van der Waals surface area (Å²) in [4.78, 5) is 11.6. The molecule has 2 aromatic heterocycles. The van der Waals surface area contributed by atoms with E-state index in [4.69, 9.17) is 0 Å². The number of hydrogen-bond acceptors (Lipinski definition) is 3. The molecular weight excluding hydrogens is 296 g/mol. The number of hydrogen-bond donors (Lipinski definition) is 0. The summed E-state index contributed by atoms with van der Waals surface area (Å²) < 4.78 is 2.41. The Morgan fingerprint density at radius 3 is 2.67 bits per heavy atom. The van der Waals surface area contributed by atoms with Gasteiger partial charge in [-0.05, 0) is 25.5 Å². The average Bonchev–Trinajstić information content (AvgIpc) is 3.23. The van der Waals surface area contributed by atoms with E-state index in [1.54, 1.807) is 0 Å². The van der Waals surface area contributed by atoms with E-state index < -0.39 is 0 Å². The molecule has 4 rings (SSSR count). The van der Waals surface area contributed by atoms with Crippen LogP contribution in [0.15, 0.2) is 60.9 Å². The van der Waals surface area contributed by atoms with Crippen molar-refractivity contribution in [3.63, 3.8) is 0 Å². The molecule has 4 heteroatoms. The lowest BCUT2D eigenvalue weighted by Crippen LogP contribution is -2.22. The van der Waals surface area contributed by atoms with Gasteiger partial charge in [0.05, 0.1) is 5.69 Å². The molecule has 1 aromatic carbocycles. The van der Waals surface area contributed by atoms with Gasteiger partial charge in [-0.25, -0.2) is 4.98 Å². The minimum Gasteiger partial charge on any atom is -0.324 e. The van der Waals surface area contributed by atoms with Crippen LogP contribution in [0.3, 0.4) is 0 Å². The molecule has 0 aliphatic carbocycles. The summed E-state index contributed by atoms with van der Waals surface area (Å²) in [7, 11) is 0. The van der Waals surface area contributed by atoms with Crippen LogP contribution in [-0.2, 0) is 6.54 Å². The second kappa shape index (κ2) is 6.57. The molecule has 122 valence electrons. The highest BCUT2D eigenvalue weighted by Crippen LogP contribution is 2.30. The van der Waals surface area contributed by atoms with E-state index in [1.165, 1.54) is 11.3 Å². The lowest BCUT2D eigenvalue weighted by atomic mass is 10.2. The average molecular weight is 318 g/mol. The van der Waals surface area contributed by atoms with Crippen LogP contribution in [0.5, 0.6) is 0 Å². The van der Waals surface area contributed by atoms with E-state index in [0.717, 1.165) is 37.6 Å². The Morgan fingerprint density at radius 1 is 1.04 bits per heavy atom. The lowest BCUT2D eigenvalue weighted by Gasteiger charge is -2.19. The summed E-state index contributed by atoms with van der Waals surface area (Å²) in [6, 6.07) is 17.1. The molecule has 1 saturated heterocycles. The van der Waals surface area contributed by atoms with Gasteiger partial charge in [-0.15, -0.1) is 0 Å². The number of benzene rings is 1. The minimum absolute atomic E-state index is 0.478. The number of nitrogens with zero attached hydrogens (tertiary/aromatic N) is 4. The van der Waals surface area contributed by atoms with Gasteiger partial charge in [-0.1, -0.05) is 36.4 Å². The summed E-state index contributed by atoms with van der Waals surface area (Å²) in [6.45, 7) is 5.23. The van der Waals surface area contributed by atoms with Crippen molar-refractivity contribution in [3.05, 3.63) is 72.3 Å². The zero-order chi connectivity index (χ0) is 16.4. The Balaban J connectivity index is 1.54. The number of aryl methyl sites for hydroxylation is 1. The lowest BCUT2D eigenvalue weighted by molar-refractivity contribution is 0.312. The molecule has 1 unspecified atom stereocenters.